The van der Waals surface area contributed by atoms with E-state index in [2.05, 4.69) is 20.2 Å². The summed E-state index contributed by atoms with van der Waals surface area (Å²) in [4.78, 5) is 16.4. The molecule has 0 spiro atoms. The lowest BCUT2D eigenvalue weighted by Crippen LogP contribution is -2.53. The normalized spacial score (nSPS) is 22.5. The molecule has 1 atom stereocenters. The lowest BCUT2D eigenvalue weighted by Gasteiger charge is -2.36. The molecule has 1 unspecified atom stereocenters. The Morgan fingerprint density at radius 3 is 2.91 bits per heavy atom. The lowest BCUT2D eigenvalue weighted by atomic mass is 10.2. The summed E-state index contributed by atoms with van der Waals surface area (Å²) >= 11 is 0. The van der Waals surface area contributed by atoms with Gasteiger partial charge in [0.25, 0.3) is 5.91 Å². The summed E-state index contributed by atoms with van der Waals surface area (Å²) in [6, 6.07) is 3.76. The number of carbonyl (C=O) groups is 1. The second-order valence-electron chi connectivity index (χ2n) is 5.57. The van der Waals surface area contributed by atoms with Crippen molar-refractivity contribution in [2.24, 2.45) is 0 Å². The van der Waals surface area contributed by atoms with Gasteiger partial charge in [0.05, 0.1) is 26.4 Å². The van der Waals surface area contributed by atoms with Crippen LogP contribution in [-0.4, -0.2) is 82.7 Å². The molecule has 2 saturated heterocycles. The van der Waals surface area contributed by atoms with Crippen LogP contribution in [0.1, 0.15) is 0 Å². The predicted molar refractivity (Wildman–Crippen MR) is 80.1 cm³/mol. The van der Waals surface area contributed by atoms with Gasteiger partial charge in [-0.1, -0.05) is 0 Å². The summed E-state index contributed by atoms with van der Waals surface area (Å²) in [5.41, 5.74) is 0.697. The van der Waals surface area contributed by atoms with E-state index in [0.717, 1.165) is 5.82 Å². The van der Waals surface area contributed by atoms with E-state index in [1.165, 1.54) is 0 Å². The van der Waals surface area contributed by atoms with Crippen LogP contribution in [0.2, 0.25) is 0 Å². The first kappa shape index (κ1) is 14.3. The maximum absolute atomic E-state index is 12.6. The maximum atomic E-state index is 12.6. The van der Waals surface area contributed by atoms with E-state index in [1.807, 2.05) is 17.0 Å². The van der Waals surface area contributed by atoms with Crippen LogP contribution >= 0.6 is 0 Å². The molecule has 0 saturated carbocycles. The fraction of sp³-hybridized carbons (Fsp3) is 0.571. The van der Waals surface area contributed by atoms with Crippen molar-refractivity contribution in [3.05, 3.63) is 18.5 Å². The zero-order valence-corrected chi connectivity index (χ0v) is 12.7. The number of nitrogens with zero attached hydrogens (tertiary/aromatic N) is 6. The van der Waals surface area contributed by atoms with Crippen molar-refractivity contribution < 1.29 is 14.3 Å². The van der Waals surface area contributed by atoms with Crippen LogP contribution in [0.5, 0.6) is 0 Å². The summed E-state index contributed by atoms with van der Waals surface area (Å²) < 4.78 is 12.6. The second-order valence-corrected chi connectivity index (χ2v) is 5.57. The van der Waals surface area contributed by atoms with Crippen LogP contribution in [0.15, 0.2) is 18.5 Å². The third kappa shape index (κ3) is 2.84. The molecule has 2 aromatic rings. The van der Waals surface area contributed by atoms with Gasteiger partial charge >= 0.3 is 0 Å². The monoisotopic (exact) mass is 318 g/mol. The molecule has 0 N–H and O–H groups in total. The van der Waals surface area contributed by atoms with Gasteiger partial charge in [-0.05, 0) is 12.1 Å². The number of rotatable bonds is 2. The average molecular weight is 318 g/mol. The van der Waals surface area contributed by atoms with E-state index < -0.39 is 6.10 Å². The molecular formula is C14H18N6O3. The molecule has 0 aromatic carbocycles. The minimum absolute atomic E-state index is 0.0309. The molecule has 4 rings (SSSR count). The van der Waals surface area contributed by atoms with Gasteiger partial charge in [-0.2, -0.15) is 4.52 Å². The van der Waals surface area contributed by atoms with E-state index >= 15 is 0 Å². The highest BCUT2D eigenvalue weighted by molar-refractivity contribution is 5.82. The standard InChI is InChI=1S/C14H18N6O3/c21-14(18-3-6-22-7-4-18)11-9-19(5-8-23-11)13-2-1-12-16-15-10-20(12)17-13/h1-2,10-11H,3-9H2. The van der Waals surface area contributed by atoms with Crippen molar-refractivity contribution in [2.75, 3.05) is 50.9 Å². The fourth-order valence-corrected chi connectivity index (χ4v) is 2.88. The van der Waals surface area contributed by atoms with E-state index in [-0.39, 0.29) is 5.91 Å². The number of amides is 1. The molecule has 9 heteroatoms. The van der Waals surface area contributed by atoms with Gasteiger partial charge in [0.1, 0.15) is 12.1 Å². The summed E-state index contributed by atoms with van der Waals surface area (Å²) in [5.74, 6) is 0.823. The van der Waals surface area contributed by atoms with Gasteiger partial charge in [0.15, 0.2) is 11.8 Å². The van der Waals surface area contributed by atoms with Crippen LogP contribution < -0.4 is 4.90 Å². The Balaban J connectivity index is 1.48. The zero-order chi connectivity index (χ0) is 15.6. The molecule has 122 valence electrons. The van der Waals surface area contributed by atoms with Crippen LogP contribution in [-0.2, 0) is 14.3 Å². The third-order valence-corrected chi connectivity index (χ3v) is 4.14. The molecule has 0 radical (unpaired) electrons. The molecule has 4 heterocycles. The summed E-state index contributed by atoms with van der Waals surface area (Å²) in [6.45, 7) is 4.14. The topological polar surface area (TPSA) is 85.1 Å². The Labute approximate surface area is 132 Å². The Bertz CT molecular complexity index is 699. The third-order valence-electron chi connectivity index (χ3n) is 4.14. The number of ether oxygens (including phenoxy) is 2. The Morgan fingerprint density at radius 2 is 2.04 bits per heavy atom. The molecule has 0 aliphatic carbocycles. The number of hydrogen-bond acceptors (Lipinski definition) is 7. The molecule has 2 aliphatic rings. The van der Waals surface area contributed by atoms with E-state index in [0.29, 0.717) is 51.6 Å². The highest BCUT2D eigenvalue weighted by Gasteiger charge is 2.31. The van der Waals surface area contributed by atoms with Gasteiger partial charge in [-0.25, -0.2) is 0 Å². The molecule has 0 bridgehead atoms. The summed E-state index contributed by atoms with van der Waals surface area (Å²) in [5, 5.41) is 12.3. The van der Waals surface area contributed by atoms with Crippen molar-refractivity contribution >= 4 is 17.4 Å². The van der Waals surface area contributed by atoms with Gasteiger partial charge in [0, 0.05) is 19.6 Å². The second kappa shape index (κ2) is 6.09. The maximum Gasteiger partial charge on any atom is 0.253 e. The summed E-state index contributed by atoms with van der Waals surface area (Å²) in [7, 11) is 0. The van der Waals surface area contributed by atoms with Crippen LogP contribution in [0.4, 0.5) is 5.82 Å². The quantitative estimate of drug-likeness (QED) is 0.716. The van der Waals surface area contributed by atoms with Crippen molar-refractivity contribution in [2.45, 2.75) is 6.10 Å². The van der Waals surface area contributed by atoms with Crippen molar-refractivity contribution in [3.63, 3.8) is 0 Å². The minimum Gasteiger partial charge on any atom is -0.378 e. The van der Waals surface area contributed by atoms with Crippen molar-refractivity contribution in [1.82, 2.24) is 24.7 Å². The van der Waals surface area contributed by atoms with Gasteiger partial charge in [-0.15, -0.1) is 15.3 Å². The van der Waals surface area contributed by atoms with Crippen molar-refractivity contribution in [3.8, 4) is 0 Å². The predicted octanol–water partition coefficient (Wildman–Crippen LogP) is -0.812. The van der Waals surface area contributed by atoms with E-state index in [4.69, 9.17) is 9.47 Å². The smallest absolute Gasteiger partial charge is 0.253 e. The molecule has 2 fully saturated rings. The number of carbonyl (C=O) groups excluding carboxylic acids is 1. The molecule has 1 amide bonds. The van der Waals surface area contributed by atoms with Gasteiger partial charge < -0.3 is 19.3 Å². The van der Waals surface area contributed by atoms with Crippen molar-refractivity contribution in [1.29, 1.82) is 0 Å². The highest BCUT2D eigenvalue weighted by atomic mass is 16.5. The number of anilines is 1. The Morgan fingerprint density at radius 1 is 1.17 bits per heavy atom. The zero-order valence-electron chi connectivity index (χ0n) is 12.7. The number of morpholine rings is 2. The molecule has 2 aromatic heterocycles. The van der Waals surface area contributed by atoms with E-state index in [1.54, 1.807) is 10.8 Å². The fourth-order valence-electron chi connectivity index (χ4n) is 2.88. The van der Waals surface area contributed by atoms with Gasteiger partial charge in [-0.3, -0.25) is 4.79 Å². The average Bonchev–Trinajstić information content (AvgIpc) is 3.09. The first-order chi connectivity index (χ1) is 11.3. The minimum atomic E-state index is -0.458. The van der Waals surface area contributed by atoms with Crippen LogP contribution in [0.3, 0.4) is 0 Å². The van der Waals surface area contributed by atoms with Gasteiger partial charge in [0.2, 0.25) is 0 Å². The highest BCUT2D eigenvalue weighted by Crippen LogP contribution is 2.17. The SMILES string of the molecule is O=C(C1CN(c2ccc3nncn3n2)CCO1)N1CCOCC1. The largest absolute Gasteiger partial charge is 0.378 e. The van der Waals surface area contributed by atoms with Crippen LogP contribution in [0.25, 0.3) is 5.65 Å². The number of aromatic nitrogens is 4. The first-order valence-electron chi connectivity index (χ1n) is 7.71. The molecular weight excluding hydrogens is 300 g/mol. The molecule has 2 aliphatic heterocycles. The van der Waals surface area contributed by atoms with E-state index in [9.17, 15) is 4.79 Å². The van der Waals surface area contributed by atoms with Crippen LogP contribution in [0, 0.1) is 0 Å². The molecule has 23 heavy (non-hydrogen) atoms. The lowest BCUT2D eigenvalue weighted by molar-refractivity contribution is -0.148. The Kier molecular flexibility index (Phi) is 3.80. The number of hydrogen-bond donors (Lipinski definition) is 0. The Hall–Kier alpha value is -2.26. The summed E-state index contributed by atoms with van der Waals surface area (Å²) in [6.07, 6.45) is 1.11. The number of fused-ring (bicyclic) bond motifs is 1. The first-order valence-corrected chi connectivity index (χ1v) is 7.71. The molecule has 9 nitrogen and oxygen atoms in total.